The topological polar surface area (TPSA) is 59.0 Å². The smallest absolute Gasteiger partial charge is 0.417 e. The molecule has 0 radical (unpaired) electrons. The minimum atomic E-state index is -4.60. The molecule has 1 saturated heterocycles. The van der Waals surface area contributed by atoms with Crippen LogP contribution in [0.5, 0.6) is 11.5 Å². The number of aliphatic hydroxyl groups is 1. The van der Waals surface area contributed by atoms with Gasteiger partial charge in [0.2, 0.25) is 0 Å². The molecule has 0 spiro atoms. The summed E-state index contributed by atoms with van der Waals surface area (Å²) in [7, 11) is 1.55. The molecular formula is C24H26F3NO4. The van der Waals surface area contributed by atoms with Gasteiger partial charge in [-0.2, -0.15) is 13.2 Å². The zero-order valence-corrected chi connectivity index (χ0v) is 17.9. The summed E-state index contributed by atoms with van der Waals surface area (Å²) >= 11 is 0. The van der Waals surface area contributed by atoms with Crippen molar-refractivity contribution in [1.29, 1.82) is 0 Å². The standard InChI is InChI=1S/C24H26F3NO4/c1-14-7-8-20(22(9-14)31-2)32-21-11-16-13-28(12-15(16)10-19(21)29)23(30)17-5-3-4-6-18(17)24(25,26)27/h3-9,15-16,19,21,29H,10-13H2,1-2H3/t15-,16+,19+,21+/m0/s1. The van der Waals surface area contributed by atoms with Crippen LogP contribution < -0.4 is 9.47 Å². The summed E-state index contributed by atoms with van der Waals surface area (Å²) in [5, 5.41) is 10.7. The molecule has 32 heavy (non-hydrogen) atoms. The zero-order valence-electron chi connectivity index (χ0n) is 17.9. The van der Waals surface area contributed by atoms with E-state index >= 15 is 0 Å². The summed E-state index contributed by atoms with van der Waals surface area (Å²) in [5.74, 6) is 0.546. The number of carbonyl (C=O) groups excluding carboxylic acids is 1. The molecule has 2 aromatic rings. The van der Waals surface area contributed by atoms with Crippen LogP contribution in [0, 0.1) is 18.8 Å². The summed E-state index contributed by atoms with van der Waals surface area (Å²) in [6.07, 6.45) is -4.88. The molecule has 2 fully saturated rings. The number of hydrogen-bond donors (Lipinski definition) is 1. The van der Waals surface area contributed by atoms with Crippen LogP contribution in [0.4, 0.5) is 13.2 Å². The lowest BCUT2D eigenvalue weighted by atomic mass is 9.78. The minimum Gasteiger partial charge on any atom is -0.493 e. The van der Waals surface area contributed by atoms with Gasteiger partial charge >= 0.3 is 6.18 Å². The highest BCUT2D eigenvalue weighted by Gasteiger charge is 2.45. The summed E-state index contributed by atoms with van der Waals surface area (Å²) in [5.41, 5.74) is -0.244. The Morgan fingerprint density at radius 1 is 1.06 bits per heavy atom. The second kappa shape index (κ2) is 8.65. The summed E-state index contributed by atoms with van der Waals surface area (Å²) < 4.78 is 51.5. The molecule has 2 aromatic carbocycles. The van der Waals surface area contributed by atoms with Gasteiger partial charge in [0.05, 0.1) is 24.3 Å². The van der Waals surface area contributed by atoms with Gasteiger partial charge in [0.25, 0.3) is 5.91 Å². The van der Waals surface area contributed by atoms with Crippen LogP contribution in [-0.2, 0) is 6.18 Å². The maximum absolute atomic E-state index is 13.4. The van der Waals surface area contributed by atoms with Gasteiger partial charge in [-0.05, 0) is 61.4 Å². The molecule has 172 valence electrons. The van der Waals surface area contributed by atoms with Crippen molar-refractivity contribution in [2.75, 3.05) is 20.2 Å². The molecule has 5 nitrogen and oxygen atoms in total. The maximum Gasteiger partial charge on any atom is 0.417 e. The van der Waals surface area contributed by atoms with Crippen LogP contribution in [0.15, 0.2) is 42.5 Å². The van der Waals surface area contributed by atoms with Gasteiger partial charge < -0.3 is 19.5 Å². The fourth-order valence-corrected chi connectivity index (χ4v) is 4.81. The lowest BCUT2D eigenvalue weighted by molar-refractivity contribution is -0.138. The molecule has 1 N–H and O–H groups in total. The van der Waals surface area contributed by atoms with Gasteiger partial charge in [-0.15, -0.1) is 0 Å². The number of ether oxygens (including phenoxy) is 2. The molecule has 0 aromatic heterocycles. The Labute approximate surface area is 184 Å². The van der Waals surface area contributed by atoms with Gasteiger partial charge in [0, 0.05) is 13.1 Å². The number of benzene rings is 2. The number of fused-ring (bicyclic) bond motifs is 1. The van der Waals surface area contributed by atoms with Gasteiger partial charge in [-0.25, -0.2) is 0 Å². The second-order valence-electron chi connectivity index (χ2n) is 8.62. The van der Waals surface area contributed by atoms with Crippen LogP contribution in [0.2, 0.25) is 0 Å². The summed E-state index contributed by atoms with van der Waals surface area (Å²) in [6.45, 7) is 2.61. The van der Waals surface area contributed by atoms with Crippen molar-refractivity contribution in [2.45, 2.75) is 38.1 Å². The highest BCUT2D eigenvalue weighted by molar-refractivity contribution is 5.96. The monoisotopic (exact) mass is 449 g/mol. The first kappa shape index (κ1) is 22.5. The van der Waals surface area contributed by atoms with Crippen molar-refractivity contribution in [1.82, 2.24) is 4.90 Å². The normalized spacial score (nSPS) is 25.4. The van der Waals surface area contributed by atoms with Crippen molar-refractivity contribution in [3.63, 3.8) is 0 Å². The third kappa shape index (κ3) is 4.41. The van der Waals surface area contributed by atoms with Crippen molar-refractivity contribution < 1.29 is 32.5 Å². The third-order valence-electron chi connectivity index (χ3n) is 6.43. The Balaban J connectivity index is 1.48. The number of hydrogen-bond acceptors (Lipinski definition) is 4. The molecule has 1 aliphatic heterocycles. The van der Waals surface area contributed by atoms with Crippen LogP contribution in [0.1, 0.15) is 34.3 Å². The van der Waals surface area contributed by atoms with Crippen LogP contribution in [-0.4, -0.2) is 48.3 Å². The van der Waals surface area contributed by atoms with E-state index in [1.807, 2.05) is 19.1 Å². The van der Waals surface area contributed by atoms with Gasteiger partial charge in [0.1, 0.15) is 6.10 Å². The molecule has 8 heteroatoms. The quantitative estimate of drug-likeness (QED) is 0.756. The maximum atomic E-state index is 13.4. The lowest BCUT2D eigenvalue weighted by Gasteiger charge is -2.35. The first-order valence-corrected chi connectivity index (χ1v) is 10.6. The fourth-order valence-electron chi connectivity index (χ4n) is 4.81. The number of carbonyl (C=O) groups is 1. The van der Waals surface area contributed by atoms with Gasteiger partial charge in [0.15, 0.2) is 11.5 Å². The SMILES string of the molecule is COc1cc(C)ccc1O[C@@H]1C[C@@H]2CN(C(=O)c3ccccc3C(F)(F)F)C[C@@H]2C[C@H]1O. The van der Waals surface area contributed by atoms with Crippen molar-refractivity contribution in [3.05, 3.63) is 59.2 Å². The van der Waals surface area contributed by atoms with E-state index < -0.39 is 29.9 Å². The van der Waals surface area contributed by atoms with E-state index in [1.54, 1.807) is 13.2 Å². The fraction of sp³-hybridized carbons (Fsp3) is 0.458. The van der Waals surface area contributed by atoms with Crippen molar-refractivity contribution >= 4 is 5.91 Å². The number of aryl methyl sites for hydroxylation is 1. The molecule has 4 rings (SSSR count). The number of halogens is 3. The second-order valence-corrected chi connectivity index (χ2v) is 8.62. The van der Waals surface area contributed by atoms with E-state index in [-0.39, 0.29) is 17.4 Å². The van der Waals surface area contributed by atoms with E-state index in [0.717, 1.165) is 11.6 Å². The van der Waals surface area contributed by atoms with E-state index in [9.17, 15) is 23.1 Å². The number of methoxy groups -OCH3 is 1. The molecule has 1 saturated carbocycles. The van der Waals surface area contributed by atoms with E-state index in [0.29, 0.717) is 37.4 Å². The first-order valence-electron chi connectivity index (χ1n) is 10.6. The number of nitrogens with zero attached hydrogens (tertiary/aromatic N) is 1. The Bertz CT molecular complexity index is 993. The Morgan fingerprint density at radius 2 is 1.75 bits per heavy atom. The molecule has 1 amide bonds. The molecule has 1 heterocycles. The van der Waals surface area contributed by atoms with E-state index in [4.69, 9.17) is 9.47 Å². The van der Waals surface area contributed by atoms with Gasteiger partial charge in [-0.3, -0.25) is 4.79 Å². The first-order chi connectivity index (χ1) is 15.2. The largest absolute Gasteiger partial charge is 0.493 e. The van der Waals surface area contributed by atoms with Gasteiger partial charge in [-0.1, -0.05) is 18.2 Å². The predicted octanol–water partition coefficient (Wildman–Crippen LogP) is 4.31. The van der Waals surface area contributed by atoms with Crippen LogP contribution >= 0.6 is 0 Å². The summed E-state index contributed by atoms with van der Waals surface area (Å²) in [6, 6.07) is 10.4. The predicted molar refractivity (Wildman–Crippen MR) is 112 cm³/mol. The number of aliphatic hydroxyl groups excluding tert-OH is 1. The molecular weight excluding hydrogens is 423 g/mol. The Hall–Kier alpha value is -2.74. The average Bonchev–Trinajstić information content (AvgIpc) is 3.16. The Kier molecular flexibility index (Phi) is 6.07. The molecule has 0 bridgehead atoms. The zero-order chi connectivity index (χ0) is 23.0. The van der Waals surface area contributed by atoms with E-state index in [2.05, 4.69) is 0 Å². The Morgan fingerprint density at radius 3 is 2.44 bits per heavy atom. The number of rotatable bonds is 4. The third-order valence-corrected chi connectivity index (χ3v) is 6.43. The number of alkyl halides is 3. The lowest BCUT2D eigenvalue weighted by Crippen LogP contribution is -2.42. The highest BCUT2D eigenvalue weighted by Crippen LogP contribution is 2.41. The molecule has 0 unspecified atom stereocenters. The highest BCUT2D eigenvalue weighted by atomic mass is 19.4. The van der Waals surface area contributed by atoms with Crippen molar-refractivity contribution in [3.8, 4) is 11.5 Å². The van der Waals surface area contributed by atoms with E-state index in [1.165, 1.54) is 23.1 Å². The number of likely N-dealkylation sites (tertiary alicyclic amines) is 1. The molecule has 2 aliphatic rings. The molecule has 1 aliphatic carbocycles. The van der Waals surface area contributed by atoms with Crippen molar-refractivity contribution in [2.24, 2.45) is 11.8 Å². The average molecular weight is 449 g/mol. The summed E-state index contributed by atoms with van der Waals surface area (Å²) in [4.78, 5) is 14.4. The minimum absolute atomic E-state index is 0.0202. The van der Waals surface area contributed by atoms with Crippen LogP contribution in [0.3, 0.4) is 0 Å². The molecule has 4 atom stereocenters. The number of amides is 1. The van der Waals surface area contributed by atoms with Crippen LogP contribution in [0.25, 0.3) is 0 Å².